The van der Waals surface area contributed by atoms with E-state index in [9.17, 15) is 5.26 Å². The minimum absolute atomic E-state index is 0.0152. The number of benzene rings is 2. The summed E-state index contributed by atoms with van der Waals surface area (Å²) in [6.07, 6.45) is 2.60. The minimum Gasteiger partial charge on any atom is -0.493 e. The molecule has 6 heteroatoms. The average molecular weight is 396 g/mol. The Kier molecular flexibility index (Phi) is 5.91. The normalized spacial score (nSPS) is 12.6. The van der Waals surface area contributed by atoms with Gasteiger partial charge in [0.05, 0.1) is 34.8 Å². The zero-order valence-corrected chi connectivity index (χ0v) is 17.1. The predicted octanol–water partition coefficient (Wildman–Crippen LogP) is 5.77. The van der Waals surface area contributed by atoms with Crippen molar-refractivity contribution in [2.45, 2.75) is 33.3 Å². The van der Waals surface area contributed by atoms with Crippen LogP contribution < -0.4 is 9.47 Å². The van der Waals surface area contributed by atoms with Crippen LogP contribution in [0.4, 0.5) is 0 Å². The summed E-state index contributed by atoms with van der Waals surface area (Å²) >= 11 is 6.43. The number of hydrogen-bond acceptors (Lipinski definition) is 4. The summed E-state index contributed by atoms with van der Waals surface area (Å²) in [5.41, 5.74) is 3.96. The van der Waals surface area contributed by atoms with Crippen molar-refractivity contribution in [3.05, 3.63) is 52.3 Å². The van der Waals surface area contributed by atoms with E-state index in [1.54, 1.807) is 25.3 Å². The van der Waals surface area contributed by atoms with E-state index in [1.807, 2.05) is 39.0 Å². The number of halogens is 1. The van der Waals surface area contributed by atoms with Gasteiger partial charge in [-0.15, -0.1) is 0 Å². The molecule has 0 aliphatic heterocycles. The lowest BCUT2D eigenvalue weighted by molar-refractivity contribution is 0.208. The molecule has 0 radical (unpaired) electrons. The number of nitrogens with one attached hydrogen (secondary N) is 1. The molecule has 0 unspecified atom stereocenters. The zero-order chi connectivity index (χ0) is 20.3. The number of aromatic nitrogens is 2. The highest BCUT2D eigenvalue weighted by Gasteiger charge is 2.15. The third-order valence-electron chi connectivity index (χ3n) is 4.47. The first kappa shape index (κ1) is 19.8. The van der Waals surface area contributed by atoms with Crippen molar-refractivity contribution >= 4 is 34.3 Å². The summed E-state index contributed by atoms with van der Waals surface area (Å²) in [7, 11) is 1.56. The predicted molar refractivity (Wildman–Crippen MR) is 113 cm³/mol. The molecule has 0 amide bonds. The largest absolute Gasteiger partial charge is 0.493 e. The fourth-order valence-corrected chi connectivity index (χ4v) is 3.06. The standard InChI is InChI=1S/C22H22ClN3O2/c1-5-14(3)28-21-17(23)10-15(11-20(21)27-4)9-16(12-24)22-25-18-7-6-13(2)8-19(18)26-22/h6-11,14H,5H2,1-4H3,(H,25,26)/b16-9-/t14-/m1/s1. The van der Waals surface area contributed by atoms with Crippen LogP contribution in [0.1, 0.15) is 37.2 Å². The van der Waals surface area contributed by atoms with Gasteiger partial charge in [-0.3, -0.25) is 0 Å². The number of nitriles is 1. The second-order valence-corrected chi connectivity index (χ2v) is 7.05. The Balaban J connectivity index is 2.02. The van der Waals surface area contributed by atoms with Gasteiger partial charge in [0.1, 0.15) is 11.9 Å². The van der Waals surface area contributed by atoms with E-state index in [4.69, 9.17) is 21.1 Å². The molecule has 0 aliphatic carbocycles. The third kappa shape index (κ3) is 4.13. The first-order valence-electron chi connectivity index (χ1n) is 9.07. The van der Waals surface area contributed by atoms with Gasteiger partial charge in [0.15, 0.2) is 11.5 Å². The number of rotatable bonds is 6. The Morgan fingerprint density at radius 3 is 2.82 bits per heavy atom. The molecule has 3 aromatic rings. The molecule has 28 heavy (non-hydrogen) atoms. The molecule has 0 saturated carbocycles. The fraction of sp³-hybridized carbons (Fsp3) is 0.273. The molecule has 144 valence electrons. The van der Waals surface area contributed by atoms with Crippen molar-refractivity contribution in [3.8, 4) is 17.6 Å². The van der Waals surface area contributed by atoms with Gasteiger partial charge in [-0.25, -0.2) is 4.98 Å². The van der Waals surface area contributed by atoms with Crippen LogP contribution in [-0.4, -0.2) is 23.2 Å². The minimum atomic E-state index is 0.0152. The van der Waals surface area contributed by atoms with Crippen LogP contribution >= 0.6 is 11.6 Å². The van der Waals surface area contributed by atoms with Gasteiger partial charge in [0, 0.05) is 0 Å². The lowest BCUT2D eigenvalue weighted by Crippen LogP contribution is -2.11. The zero-order valence-electron chi connectivity index (χ0n) is 16.3. The van der Waals surface area contributed by atoms with E-state index in [0.717, 1.165) is 28.6 Å². The van der Waals surface area contributed by atoms with Crippen LogP contribution in [-0.2, 0) is 0 Å². The number of methoxy groups -OCH3 is 1. The fourth-order valence-electron chi connectivity index (χ4n) is 2.79. The quantitative estimate of drug-likeness (QED) is 0.537. The number of hydrogen-bond donors (Lipinski definition) is 1. The number of ether oxygens (including phenoxy) is 2. The van der Waals surface area contributed by atoms with E-state index < -0.39 is 0 Å². The van der Waals surface area contributed by atoms with Crippen molar-refractivity contribution in [1.82, 2.24) is 9.97 Å². The Labute approximate surface area is 169 Å². The molecule has 1 atom stereocenters. The maximum atomic E-state index is 9.65. The van der Waals surface area contributed by atoms with E-state index in [2.05, 4.69) is 16.0 Å². The molecule has 2 aromatic carbocycles. The first-order chi connectivity index (χ1) is 13.4. The van der Waals surface area contributed by atoms with Gasteiger partial charge >= 0.3 is 0 Å². The van der Waals surface area contributed by atoms with E-state index in [1.165, 1.54) is 0 Å². The molecular formula is C22H22ClN3O2. The Hall–Kier alpha value is -2.97. The molecule has 1 N–H and O–H groups in total. The lowest BCUT2D eigenvalue weighted by Gasteiger charge is -2.17. The summed E-state index contributed by atoms with van der Waals surface area (Å²) < 4.78 is 11.3. The van der Waals surface area contributed by atoms with Gasteiger partial charge in [-0.2, -0.15) is 5.26 Å². The maximum absolute atomic E-state index is 9.65. The molecule has 0 spiro atoms. The first-order valence-corrected chi connectivity index (χ1v) is 9.45. The smallest absolute Gasteiger partial charge is 0.180 e. The molecule has 0 aliphatic rings. The van der Waals surface area contributed by atoms with Crippen LogP contribution in [0.5, 0.6) is 11.5 Å². The number of fused-ring (bicyclic) bond motifs is 1. The van der Waals surface area contributed by atoms with Crippen molar-refractivity contribution in [3.63, 3.8) is 0 Å². The average Bonchev–Trinajstić information content (AvgIpc) is 3.10. The number of nitrogens with zero attached hydrogens (tertiary/aromatic N) is 2. The molecule has 0 fully saturated rings. The second kappa shape index (κ2) is 8.37. The van der Waals surface area contributed by atoms with E-state index in [-0.39, 0.29) is 6.10 Å². The Bertz CT molecular complexity index is 1080. The summed E-state index contributed by atoms with van der Waals surface area (Å²) in [5.74, 6) is 1.54. The van der Waals surface area contributed by atoms with Crippen LogP contribution in [0, 0.1) is 18.3 Å². The molecule has 5 nitrogen and oxygen atoms in total. The van der Waals surface area contributed by atoms with Crippen molar-refractivity contribution in [2.75, 3.05) is 7.11 Å². The Morgan fingerprint density at radius 2 is 2.14 bits per heavy atom. The van der Waals surface area contributed by atoms with Crippen LogP contribution in [0.25, 0.3) is 22.7 Å². The summed E-state index contributed by atoms with van der Waals surface area (Å²) in [6.45, 7) is 6.02. The monoisotopic (exact) mass is 395 g/mol. The topological polar surface area (TPSA) is 70.9 Å². The number of imidazole rings is 1. The van der Waals surface area contributed by atoms with Crippen LogP contribution in [0.2, 0.25) is 5.02 Å². The number of allylic oxidation sites excluding steroid dienone is 1. The summed E-state index contributed by atoms with van der Waals surface area (Å²) in [6, 6.07) is 11.7. The highest BCUT2D eigenvalue weighted by Crippen LogP contribution is 2.38. The van der Waals surface area contributed by atoms with Crippen LogP contribution in [0.3, 0.4) is 0 Å². The molecule has 0 saturated heterocycles. The van der Waals surface area contributed by atoms with Gasteiger partial charge in [0.2, 0.25) is 0 Å². The van der Waals surface area contributed by atoms with Crippen LogP contribution in [0.15, 0.2) is 30.3 Å². The van der Waals surface area contributed by atoms with Crippen molar-refractivity contribution < 1.29 is 9.47 Å². The maximum Gasteiger partial charge on any atom is 0.180 e. The lowest BCUT2D eigenvalue weighted by atomic mass is 10.1. The van der Waals surface area contributed by atoms with E-state index in [0.29, 0.717) is 27.9 Å². The number of aromatic amines is 1. The highest BCUT2D eigenvalue weighted by atomic mass is 35.5. The number of H-pyrrole nitrogens is 1. The third-order valence-corrected chi connectivity index (χ3v) is 4.75. The van der Waals surface area contributed by atoms with Gasteiger partial charge in [0.25, 0.3) is 0 Å². The molecule has 1 heterocycles. The SMILES string of the molecule is CC[C@@H](C)Oc1c(Cl)cc(/C=C(/C#N)c2nc3ccc(C)cc3[nH]2)cc1OC. The Morgan fingerprint density at radius 1 is 1.36 bits per heavy atom. The highest BCUT2D eigenvalue weighted by molar-refractivity contribution is 6.32. The van der Waals surface area contributed by atoms with Crippen molar-refractivity contribution in [1.29, 1.82) is 5.26 Å². The number of aryl methyl sites for hydroxylation is 1. The van der Waals surface area contributed by atoms with Crippen molar-refractivity contribution in [2.24, 2.45) is 0 Å². The molecule has 3 rings (SSSR count). The second-order valence-electron chi connectivity index (χ2n) is 6.65. The molecular weight excluding hydrogens is 374 g/mol. The summed E-state index contributed by atoms with van der Waals surface area (Å²) in [5, 5.41) is 10.1. The van der Waals surface area contributed by atoms with Gasteiger partial charge < -0.3 is 14.5 Å². The molecule has 1 aromatic heterocycles. The van der Waals surface area contributed by atoms with Gasteiger partial charge in [-0.1, -0.05) is 24.6 Å². The van der Waals surface area contributed by atoms with E-state index >= 15 is 0 Å². The molecule has 0 bridgehead atoms. The van der Waals surface area contributed by atoms with Gasteiger partial charge in [-0.05, 0) is 61.7 Å². The summed E-state index contributed by atoms with van der Waals surface area (Å²) in [4.78, 5) is 7.72.